The minimum absolute atomic E-state index is 0.0196. The SMILES string of the molecule is COc1cccc(OC)c1-c1cc(C(=O)N[C@@H](CCNC(=O)OC(C)(C)C)C(=O)OC(C)(C)C)nn1-c1ccc(F)cc1. The van der Waals surface area contributed by atoms with Crippen LogP contribution in [-0.2, 0) is 14.3 Å². The van der Waals surface area contributed by atoms with E-state index < -0.39 is 41.0 Å². The maximum atomic E-state index is 13.8. The average Bonchev–Trinajstić information content (AvgIpc) is 3.35. The fraction of sp³-hybridized carbons (Fsp3) is 0.419. The molecular weight excluding hydrogens is 559 g/mol. The van der Waals surface area contributed by atoms with Gasteiger partial charge in [-0.25, -0.2) is 18.7 Å². The third-order valence-corrected chi connectivity index (χ3v) is 5.80. The van der Waals surface area contributed by atoms with Gasteiger partial charge in [-0.05, 0) is 90.4 Å². The molecule has 0 aliphatic carbocycles. The van der Waals surface area contributed by atoms with Crippen LogP contribution in [0.3, 0.4) is 0 Å². The van der Waals surface area contributed by atoms with Crippen molar-refractivity contribution in [3.63, 3.8) is 0 Å². The number of carbonyl (C=O) groups is 3. The van der Waals surface area contributed by atoms with Gasteiger partial charge in [-0.15, -0.1) is 0 Å². The molecule has 12 heteroatoms. The van der Waals surface area contributed by atoms with Gasteiger partial charge < -0.3 is 29.6 Å². The Bertz CT molecular complexity index is 1420. The van der Waals surface area contributed by atoms with Gasteiger partial charge in [0, 0.05) is 6.54 Å². The summed E-state index contributed by atoms with van der Waals surface area (Å²) < 4.78 is 37.1. The zero-order valence-electron chi connectivity index (χ0n) is 25.7. The van der Waals surface area contributed by atoms with Crippen LogP contribution in [0.5, 0.6) is 11.5 Å². The lowest BCUT2D eigenvalue weighted by Gasteiger charge is -2.25. The monoisotopic (exact) mass is 598 g/mol. The summed E-state index contributed by atoms with van der Waals surface area (Å²) in [5.74, 6) is -0.894. The van der Waals surface area contributed by atoms with Gasteiger partial charge >= 0.3 is 12.1 Å². The largest absolute Gasteiger partial charge is 0.496 e. The van der Waals surface area contributed by atoms with Gasteiger partial charge in [-0.1, -0.05) is 6.07 Å². The highest BCUT2D eigenvalue weighted by molar-refractivity contribution is 5.96. The van der Waals surface area contributed by atoms with E-state index in [1.165, 1.54) is 49.2 Å². The lowest BCUT2D eigenvalue weighted by atomic mass is 10.1. The second-order valence-electron chi connectivity index (χ2n) is 11.6. The molecule has 0 aliphatic rings. The van der Waals surface area contributed by atoms with Crippen LogP contribution in [0.25, 0.3) is 16.9 Å². The second-order valence-corrected chi connectivity index (χ2v) is 11.6. The molecule has 232 valence electrons. The molecule has 0 saturated heterocycles. The first-order valence-electron chi connectivity index (χ1n) is 13.7. The van der Waals surface area contributed by atoms with E-state index in [4.69, 9.17) is 18.9 Å². The molecule has 0 bridgehead atoms. The smallest absolute Gasteiger partial charge is 0.407 e. The predicted octanol–water partition coefficient (Wildman–Crippen LogP) is 5.05. The molecule has 3 rings (SSSR count). The molecule has 0 saturated carbocycles. The zero-order valence-corrected chi connectivity index (χ0v) is 25.7. The van der Waals surface area contributed by atoms with Crippen LogP contribution in [0, 0.1) is 5.82 Å². The van der Waals surface area contributed by atoms with E-state index in [1.54, 1.807) is 59.7 Å². The first-order chi connectivity index (χ1) is 20.1. The number of benzene rings is 2. The van der Waals surface area contributed by atoms with Gasteiger partial charge in [0.2, 0.25) is 0 Å². The Kier molecular flexibility index (Phi) is 10.4. The summed E-state index contributed by atoms with van der Waals surface area (Å²) in [6.07, 6.45) is -0.638. The van der Waals surface area contributed by atoms with Crippen molar-refractivity contribution in [1.82, 2.24) is 20.4 Å². The summed E-state index contributed by atoms with van der Waals surface area (Å²) in [5, 5.41) is 9.77. The van der Waals surface area contributed by atoms with Crippen molar-refractivity contribution in [2.45, 2.75) is 65.2 Å². The van der Waals surface area contributed by atoms with Gasteiger partial charge in [0.15, 0.2) is 5.69 Å². The molecular formula is C31H39FN4O7. The average molecular weight is 599 g/mol. The number of hydrogen-bond donors (Lipinski definition) is 2. The van der Waals surface area contributed by atoms with Crippen LogP contribution in [0.2, 0.25) is 0 Å². The zero-order chi connectivity index (χ0) is 31.9. The normalized spacial score (nSPS) is 12.2. The summed E-state index contributed by atoms with van der Waals surface area (Å²) >= 11 is 0. The van der Waals surface area contributed by atoms with E-state index in [0.717, 1.165) is 0 Å². The number of amides is 2. The molecule has 3 aromatic rings. The minimum atomic E-state index is -1.12. The number of rotatable bonds is 10. The molecule has 2 N–H and O–H groups in total. The van der Waals surface area contributed by atoms with Gasteiger partial charge in [0.05, 0.1) is 31.2 Å². The van der Waals surface area contributed by atoms with E-state index in [1.807, 2.05) is 0 Å². The Morgan fingerprint density at radius 3 is 2.02 bits per heavy atom. The molecule has 1 heterocycles. The second kappa shape index (κ2) is 13.6. The molecule has 0 spiro atoms. The molecule has 1 aromatic heterocycles. The van der Waals surface area contributed by atoms with E-state index in [0.29, 0.717) is 28.4 Å². The molecule has 2 aromatic carbocycles. The van der Waals surface area contributed by atoms with Crippen molar-refractivity contribution < 1.29 is 37.7 Å². The van der Waals surface area contributed by atoms with Crippen molar-refractivity contribution in [3.05, 3.63) is 60.0 Å². The Labute approximate surface area is 250 Å². The number of halogens is 1. The maximum absolute atomic E-state index is 13.8. The Hall–Kier alpha value is -4.61. The van der Waals surface area contributed by atoms with Gasteiger partial charge in [-0.3, -0.25) is 4.79 Å². The lowest BCUT2D eigenvalue weighted by Crippen LogP contribution is -2.46. The fourth-order valence-corrected chi connectivity index (χ4v) is 4.04. The quantitative estimate of drug-likeness (QED) is 0.310. The molecule has 11 nitrogen and oxygen atoms in total. The Balaban J connectivity index is 1.98. The van der Waals surface area contributed by atoms with E-state index in [9.17, 15) is 18.8 Å². The summed E-state index contributed by atoms with van der Waals surface area (Å²) in [4.78, 5) is 38.8. The molecule has 1 atom stereocenters. The van der Waals surface area contributed by atoms with Crippen LogP contribution < -0.4 is 20.1 Å². The van der Waals surface area contributed by atoms with Crippen molar-refractivity contribution in [2.75, 3.05) is 20.8 Å². The number of hydrogen-bond acceptors (Lipinski definition) is 8. The topological polar surface area (TPSA) is 130 Å². The number of carbonyl (C=O) groups excluding carboxylic acids is 3. The van der Waals surface area contributed by atoms with E-state index in [-0.39, 0.29) is 18.7 Å². The first kappa shape index (κ1) is 32.9. The summed E-state index contributed by atoms with van der Waals surface area (Å²) in [7, 11) is 3.00. The fourth-order valence-electron chi connectivity index (χ4n) is 4.04. The van der Waals surface area contributed by atoms with E-state index >= 15 is 0 Å². The predicted molar refractivity (Wildman–Crippen MR) is 158 cm³/mol. The number of methoxy groups -OCH3 is 2. The number of nitrogens with one attached hydrogen (secondary N) is 2. The Morgan fingerprint density at radius 1 is 0.907 bits per heavy atom. The number of ether oxygens (including phenoxy) is 4. The summed E-state index contributed by atoms with van der Waals surface area (Å²) in [6.45, 7) is 10.3. The molecule has 0 radical (unpaired) electrons. The minimum Gasteiger partial charge on any atom is -0.496 e. The van der Waals surface area contributed by atoms with Crippen molar-refractivity contribution in [2.24, 2.45) is 0 Å². The van der Waals surface area contributed by atoms with Crippen LogP contribution in [0.1, 0.15) is 58.5 Å². The van der Waals surface area contributed by atoms with Crippen LogP contribution in [0.15, 0.2) is 48.5 Å². The molecule has 0 aliphatic heterocycles. The number of nitrogens with zero attached hydrogens (tertiary/aromatic N) is 2. The lowest BCUT2D eigenvalue weighted by molar-refractivity contribution is -0.157. The Morgan fingerprint density at radius 2 is 1.49 bits per heavy atom. The van der Waals surface area contributed by atoms with Crippen LogP contribution in [-0.4, -0.2) is 65.8 Å². The number of alkyl carbamates (subject to hydrolysis) is 1. The van der Waals surface area contributed by atoms with Gasteiger partial charge in [0.25, 0.3) is 5.91 Å². The highest BCUT2D eigenvalue weighted by Crippen LogP contribution is 2.39. The molecule has 2 amide bonds. The van der Waals surface area contributed by atoms with Gasteiger partial charge in [-0.2, -0.15) is 5.10 Å². The third-order valence-electron chi connectivity index (χ3n) is 5.80. The molecule has 43 heavy (non-hydrogen) atoms. The van der Waals surface area contributed by atoms with Crippen molar-refractivity contribution in [3.8, 4) is 28.4 Å². The van der Waals surface area contributed by atoms with Crippen LogP contribution in [0.4, 0.5) is 9.18 Å². The standard InChI is InChI=1S/C31H39FN4O7/c1-30(2,3)42-28(38)21(16-17-33-29(39)43-31(4,5)6)34-27(37)22-18-23(26-24(40-7)10-9-11-25(26)41-8)36(35-22)20-14-12-19(32)13-15-20/h9-15,18,21H,16-17H2,1-8H3,(H,33,39)(H,34,37)/t21-/m0/s1. The van der Waals surface area contributed by atoms with E-state index in [2.05, 4.69) is 15.7 Å². The maximum Gasteiger partial charge on any atom is 0.407 e. The molecule has 0 unspecified atom stereocenters. The molecule has 0 fully saturated rings. The number of aromatic nitrogens is 2. The van der Waals surface area contributed by atoms with Crippen LogP contribution >= 0.6 is 0 Å². The summed E-state index contributed by atoms with van der Waals surface area (Å²) in [5.41, 5.74) is -0.167. The van der Waals surface area contributed by atoms with Crippen molar-refractivity contribution in [1.29, 1.82) is 0 Å². The van der Waals surface area contributed by atoms with Crippen molar-refractivity contribution >= 4 is 18.0 Å². The highest BCUT2D eigenvalue weighted by Gasteiger charge is 2.29. The first-order valence-corrected chi connectivity index (χ1v) is 13.7. The third kappa shape index (κ3) is 9.19. The number of esters is 1. The van der Waals surface area contributed by atoms with Gasteiger partial charge in [0.1, 0.15) is 34.6 Å². The highest BCUT2D eigenvalue weighted by atomic mass is 19.1. The summed E-state index contributed by atoms with van der Waals surface area (Å²) in [6, 6.07) is 11.2.